The van der Waals surface area contributed by atoms with Gasteiger partial charge in [0.15, 0.2) is 0 Å². The number of hydrogen-bond acceptors (Lipinski definition) is 2. The zero-order valence-electron chi connectivity index (χ0n) is 12.1. The minimum atomic E-state index is -0.758. The molecule has 0 radical (unpaired) electrons. The Hall–Kier alpha value is -1.78. The van der Waals surface area contributed by atoms with Gasteiger partial charge in [0.2, 0.25) is 0 Å². The molecule has 1 aliphatic heterocycles. The SMILES string of the molecule is Cc1ccc(C(=O)N2CCC[C@H](CCC(=O)O)C2)n1C. The van der Waals surface area contributed by atoms with E-state index in [4.69, 9.17) is 5.11 Å². The number of aryl methyl sites for hydroxylation is 1. The minimum Gasteiger partial charge on any atom is -0.481 e. The third-order valence-corrected chi connectivity index (χ3v) is 4.16. The van der Waals surface area contributed by atoms with Crippen molar-refractivity contribution in [1.29, 1.82) is 0 Å². The molecule has 2 rings (SSSR count). The number of likely N-dealkylation sites (tertiary alicyclic amines) is 1. The molecule has 110 valence electrons. The lowest BCUT2D eigenvalue weighted by atomic mass is 9.93. The number of aliphatic carboxylic acids is 1. The first-order valence-electron chi connectivity index (χ1n) is 7.12. The van der Waals surface area contributed by atoms with E-state index in [1.165, 1.54) is 0 Å². The highest BCUT2D eigenvalue weighted by Gasteiger charge is 2.26. The molecule has 1 atom stereocenters. The molecule has 1 aromatic heterocycles. The predicted octanol–water partition coefficient (Wildman–Crippen LogP) is 2.05. The highest BCUT2D eigenvalue weighted by molar-refractivity contribution is 5.93. The molecule has 0 saturated carbocycles. The van der Waals surface area contributed by atoms with Crippen LogP contribution in [0.25, 0.3) is 0 Å². The number of amides is 1. The number of carboxylic acid groups (broad SMARTS) is 1. The lowest BCUT2D eigenvalue weighted by Gasteiger charge is -2.32. The van der Waals surface area contributed by atoms with Crippen LogP contribution in [0.2, 0.25) is 0 Å². The summed E-state index contributed by atoms with van der Waals surface area (Å²) in [6, 6.07) is 3.80. The van der Waals surface area contributed by atoms with E-state index in [9.17, 15) is 9.59 Å². The second-order valence-corrected chi connectivity index (χ2v) is 5.61. The van der Waals surface area contributed by atoms with E-state index in [1.54, 1.807) is 0 Å². The highest BCUT2D eigenvalue weighted by atomic mass is 16.4. The average molecular weight is 278 g/mol. The van der Waals surface area contributed by atoms with Gasteiger partial charge < -0.3 is 14.6 Å². The van der Waals surface area contributed by atoms with E-state index >= 15 is 0 Å². The topological polar surface area (TPSA) is 62.5 Å². The molecule has 20 heavy (non-hydrogen) atoms. The number of aromatic nitrogens is 1. The molecular weight excluding hydrogens is 256 g/mol. The summed E-state index contributed by atoms with van der Waals surface area (Å²) in [6.07, 6.45) is 2.82. The summed E-state index contributed by atoms with van der Waals surface area (Å²) >= 11 is 0. The third kappa shape index (κ3) is 3.21. The molecule has 1 aromatic rings. The number of nitrogens with zero attached hydrogens (tertiary/aromatic N) is 2. The van der Waals surface area contributed by atoms with Crippen molar-refractivity contribution < 1.29 is 14.7 Å². The number of carbonyl (C=O) groups is 2. The van der Waals surface area contributed by atoms with Crippen molar-refractivity contribution in [3.05, 3.63) is 23.5 Å². The van der Waals surface area contributed by atoms with E-state index in [1.807, 2.05) is 35.6 Å². The minimum absolute atomic E-state index is 0.0561. The molecule has 1 aliphatic rings. The van der Waals surface area contributed by atoms with Crippen molar-refractivity contribution in [2.75, 3.05) is 13.1 Å². The van der Waals surface area contributed by atoms with Crippen molar-refractivity contribution in [3.8, 4) is 0 Å². The van der Waals surface area contributed by atoms with E-state index in [2.05, 4.69) is 0 Å². The van der Waals surface area contributed by atoms with Crippen molar-refractivity contribution >= 4 is 11.9 Å². The lowest BCUT2D eigenvalue weighted by Crippen LogP contribution is -2.40. The molecule has 0 aromatic carbocycles. The van der Waals surface area contributed by atoms with E-state index in [0.29, 0.717) is 24.6 Å². The number of carboxylic acids is 1. The molecule has 5 nitrogen and oxygen atoms in total. The predicted molar refractivity (Wildman–Crippen MR) is 75.6 cm³/mol. The Morgan fingerprint density at radius 3 is 2.75 bits per heavy atom. The fraction of sp³-hybridized carbons (Fsp3) is 0.600. The Morgan fingerprint density at radius 1 is 1.40 bits per heavy atom. The Labute approximate surface area is 119 Å². The van der Waals surface area contributed by atoms with Gasteiger partial charge in [-0.1, -0.05) is 0 Å². The monoisotopic (exact) mass is 278 g/mol. The summed E-state index contributed by atoms with van der Waals surface area (Å²) in [5, 5.41) is 8.75. The highest BCUT2D eigenvalue weighted by Crippen LogP contribution is 2.22. The van der Waals surface area contributed by atoms with Crippen LogP contribution < -0.4 is 0 Å². The van der Waals surface area contributed by atoms with Crippen LogP contribution >= 0.6 is 0 Å². The molecule has 0 aliphatic carbocycles. The van der Waals surface area contributed by atoms with Crippen LogP contribution in [0.5, 0.6) is 0 Å². The van der Waals surface area contributed by atoms with Gasteiger partial charge >= 0.3 is 5.97 Å². The van der Waals surface area contributed by atoms with Crippen LogP contribution in [0, 0.1) is 12.8 Å². The Bertz CT molecular complexity index is 507. The van der Waals surface area contributed by atoms with Crippen molar-refractivity contribution in [3.63, 3.8) is 0 Å². The summed E-state index contributed by atoms with van der Waals surface area (Å²) in [5.74, 6) is -0.391. The number of hydrogen-bond donors (Lipinski definition) is 1. The summed E-state index contributed by atoms with van der Waals surface area (Å²) in [6.45, 7) is 3.42. The maximum absolute atomic E-state index is 12.5. The number of carbonyl (C=O) groups excluding carboxylic acids is 1. The molecule has 1 amide bonds. The second kappa shape index (κ2) is 6.11. The molecule has 1 N–H and O–H groups in total. The van der Waals surface area contributed by atoms with Crippen molar-refractivity contribution in [1.82, 2.24) is 9.47 Å². The first-order chi connectivity index (χ1) is 9.49. The molecule has 1 fully saturated rings. The van der Waals surface area contributed by atoms with Crippen molar-refractivity contribution in [2.24, 2.45) is 13.0 Å². The van der Waals surface area contributed by atoms with E-state index in [-0.39, 0.29) is 12.3 Å². The van der Waals surface area contributed by atoms with E-state index in [0.717, 1.165) is 25.1 Å². The largest absolute Gasteiger partial charge is 0.481 e. The summed E-state index contributed by atoms with van der Waals surface area (Å²) in [5.41, 5.74) is 1.77. The Morgan fingerprint density at radius 2 is 2.15 bits per heavy atom. The summed E-state index contributed by atoms with van der Waals surface area (Å²) < 4.78 is 1.91. The third-order valence-electron chi connectivity index (χ3n) is 4.16. The first-order valence-corrected chi connectivity index (χ1v) is 7.12. The molecular formula is C15H22N2O3. The Kier molecular flexibility index (Phi) is 4.47. The van der Waals surface area contributed by atoms with Crippen LogP contribution in [-0.4, -0.2) is 39.5 Å². The second-order valence-electron chi connectivity index (χ2n) is 5.61. The van der Waals surface area contributed by atoms with Gasteiger partial charge in [-0.25, -0.2) is 0 Å². The van der Waals surface area contributed by atoms with Gasteiger partial charge in [-0.15, -0.1) is 0 Å². The smallest absolute Gasteiger partial charge is 0.303 e. The molecule has 2 heterocycles. The van der Waals surface area contributed by atoms with Crippen LogP contribution in [0.15, 0.2) is 12.1 Å². The quantitative estimate of drug-likeness (QED) is 0.917. The van der Waals surface area contributed by atoms with Gasteiger partial charge in [0, 0.05) is 32.3 Å². The fourth-order valence-electron chi connectivity index (χ4n) is 2.80. The van der Waals surface area contributed by atoms with Crippen LogP contribution in [0.3, 0.4) is 0 Å². The van der Waals surface area contributed by atoms with Gasteiger partial charge in [-0.2, -0.15) is 0 Å². The van der Waals surface area contributed by atoms with Crippen LogP contribution in [0.1, 0.15) is 41.9 Å². The van der Waals surface area contributed by atoms with Gasteiger partial charge in [0.05, 0.1) is 0 Å². The molecule has 0 spiro atoms. The summed E-state index contributed by atoms with van der Waals surface area (Å²) in [7, 11) is 1.90. The summed E-state index contributed by atoms with van der Waals surface area (Å²) in [4.78, 5) is 25.0. The van der Waals surface area contributed by atoms with Gasteiger partial charge in [-0.3, -0.25) is 9.59 Å². The molecule has 1 saturated heterocycles. The molecule has 5 heteroatoms. The average Bonchev–Trinajstić information content (AvgIpc) is 2.76. The standard InChI is InChI=1S/C15H22N2O3/c1-11-5-7-13(16(11)2)15(20)17-9-3-4-12(10-17)6-8-14(18)19/h5,7,12H,3-4,6,8-10H2,1-2H3,(H,18,19)/t12-/m1/s1. The molecule has 0 bridgehead atoms. The van der Waals surface area contributed by atoms with Crippen LogP contribution in [-0.2, 0) is 11.8 Å². The fourth-order valence-corrected chi connectivity index (χ4v) is 2.80. The lowest BCUT2D eigenvalue weighted by molar-refractivity contribution is -0.137. The first kappa shape index (κ1) is 14.6. The van der Waals surface area contributed by atoms with Gasteiger partial charge in [-0.05, 0) is 44.2 Å². The number of piperidine rings is 1. The zero-order valence-corrected chi connectivity index (χ0v) is 12.1. The normalized spacial score (nSPS) is 19.1. The molecule has 0 unspecified atom stereocenters. The number of rotatable bonds is 4. The van der Waals surface area contributed by atoms with Gasteiger partial charge in [0.1, 0.15) is 5.69 Å². The maximum Gasteiger partial charge on any atom is 0.303 e. The Balaban J connectivity index is 1.99. The van der Waals surface area contributed by atoms with Gasteiger partial charge in [0.25, 0.3) is 5.91 Å². The maximum atomic E-state index is 12.5. The van der Waals surface area contributed by atoms with Crippen molar-refractivity contribution in [2.45, 2.75) is 32.6 Å². The van der Waals surface area contributed by atoms with E-state index < -0.39 is 5.97 Å². The zero-order chi connectivity index (χ0) is 14.7. The van der Waals surface area contributed by atoms with Crippen LogP contribution in [0.4, 0.5) is 0 Å².